The van der Waals surface area contributed by atoms with Gasteiger partial charge in [-0.3, -0.25) is 0 Å². The number of amides is 2. The van der Waals surface area contributed by atoms with Crippen LogP contribution in [0.2, 0.25) is 0 Å². The Balaban J connectivity index is 1.54. The van der Waals surface area contributed by atoms with E-state index in [9.17, 15) is 4.79 Å². The summed E-state index contributed by atoms with van der Waals surface area (Å²) < 4.78 is 11.9. The van der Waals surface area contributed by atoms with Crippen molar-refractivity contribution in [2.24, 2.45) is 9.98 Å². The second-order valence-corrected chi connectivity index (χ2v) is 6.51. The first kappa shape index (κ1) is 18.7. The highest BCUT2D eigenvalue weighted by molar-refractivity contribution is 5.77. The minimum Gasteiger partial charge on any atom is -0.490 e. The lowest BCUT2D eigenvalue weighted by atomic mass is 10.1. The quantitative estimate of drug-likeness (QED) is 0.640. The van der Waals surface area contributed by atoms with Crippen LogP contribution in [0.5, 0.6) is 11.5 Å². The number of hydrogen-bond acceptors (Lipinski definition) is 4. The topological polar surface area (TPSA) is 72.3 Å². The average Bonchev–Trinajstić information content (AvgIpc) is 3.11. The number of fused-ring (bicyclic) bond motifs is 1. The van der Waals surface area contributed by atoms with E-state index in [1.165, 1.54) is 0 Å². The number of anilines is 1. The van der Waals surface area contributed by atoms with Gasteiger partial charge in [0.2, 0.25) is 0 Å². The van der Waals surface area contributed by atoms with Gasteiger partial charge in [-0.05, 0) is 36.8 Å². The van der Waals surface area contributed by atoms with Gasteiger partial charge in [0.1, 0.15) is 6.61 Å². The third-order valence-corrected chi connectivity index (χ3v) is 4.48. The summed E-state index contributed by atoms with van der Waals surface area (Å²) in [5.74, 6) is 1.44. The molecule has 0 fully saturated rings. The summed E-state index contributed by atoms with van der Waals surface area (Å²) in [6, 6.07) is 20.9. The average molecular weight is 387 g/mol. The minimum absolute atomic E-state index is 0.458. The van der Waals surface area contributed by atoms with E-state index < -0.39 is 6.03 Å². The van der Waals surface area contributed by atoms with Crippen molar-refractivity contribution in [2.75, 3.05) is 11.9 Å². The second-order valence-electron chi connectivity index (χ2n) is 6.51. The molecule has 1 aliphatic rings. The molecule has 0 bridgehead atoms. The van der Waals surface area contributed by atoms with Crippen molar-refractivity contribution >= 4 is 11.7 Å². The molecule has 0 aliphatic carbocycles. The predicted molar refractivity (Wildman–Crippen MR) is 110 cm³/mol. The smallest absolute Gasteiger partial charge is 0.368 e. The summed E-state index contributed by atoms with van der Waals surface area (Å²) in [6.07, 6.45) is 0. The van der Waals surface area contributed by atoms with Crippen molar-refractivity contribution in [3.8, 4) is 11.5 Å². The number of benzene rings is 3. The van der Waals surface area contributed by atoms with Crippen LogP contribution in [0, 0.1) is 0 Å². The van der Waals surface area contributed by atoms with E-state index in [0.717, 1.165) is 28.3 Å². The maximum absolute atomic E-state index is 11.3. The molecule has 0 atom stereocenters. The van der Waals surface area contributed by atoms with Crippen LogP contribution in [0.4, 0.5) is 10.5 Å². The van der Waals surface area contributed by atoms with Crippen molar-refractivity contribution in [2.45, 2.75) is 20.1 Å². The maximum Gasteiger partial charge on any atom is 0.368 e. The predicted octanol–water partition coefficient (Wildman–Crippen LogP) is 3.65. The molecular formula is C23H21N3O3. The SMILES string of the molecule is CCOc1cccc(CNc2ccc3c(c2)=NC(=O)N=3)c1OCc1ccccc1. The lowest BCUT2D eigenvalue weighted by Gasteiger charge is -2.17. The molecule has 0 saturated heterocycles. The molecule has 4 rings (SSSR count). The van der Waals surface area contributed by atoms with Crippen LogP contribution in [-0.4, -0.2) is 12.6 Å². The standard InChI is InChI=1S/C23H21N3O3/c1-2-28-21-10-6-9-17(22(21)29-15-16-7-4-3-5-8-16)14-24-18-11-12-19-20(13-18)26-23(27)25-19/h3-13,24H,2,14-15H2,1H3. The Kier molecular flexibility index (Phi) is 5.52. The van der Waals surface area contributed by atoms with Crippen molar-refractivity contribution in [3.05, 3.63) is 88.6 Å². The number of rotatable bonds is 8. The molecule has 0 saturated carbocycles. The van der Waals surface area contributed by atoms with Gasteiger partial charge in [0.25, 0.3) is 0 Å². The van der Waals surface area contributed by atoms with Gasteiger partial charge in [0.05, 0.1) is 17.3 Å². The first-order valence-electron chi connectivity index (χ1n) is 9.49. The molecule has 1 N–H and O–H groups in total. The molecule has 3 aromatic rings. The van der Waals surface area contributed by atoms with Crippen molar-refractivity contribution in [1.82, 2.24) is 0 Å². The van der Waals surface area contributed by atoms with Crippen LogP contribution in [0.3, 0.4) is 0 Å². The highest BCUT2D eigenvalue weighted by Crippen LogP contribution is 2.32. The Hall–Kier alpha value is -3.67. The fourth-order valence-electron chi connectivity index (χ4n) is 3.11. The fourth-order valence-corrected chi connectivity index (χ4v) is 3.11. The van der Waals surface area contributed by atoms with E-state index >= 15 is 0 Å². The zero-order valence-electron chi connectivity index (χ0n) is 16.1. The van der Waals surface area contributed by atoms with Crippen molar-refractivity contribution < 1.29 is 14.3 Å². The van der Waals surface area contributed by atoms with Gasteiger partial charge < -0.3 is 14.8 Å². The Morgan fingerprint density at radius 3 is 2.55 bits per heavy atom. The van der Waals surface area contributed by atoms with E-state index in [1.54, 1.807) is 6.07 Å². The second kappa shape index (κ2) is 8.56. The van der Waals surface area contributed by atoms with Crippen LogP contribution in [-0.2, 0) is 13.2 Å². The van der Waals surface area contributed by atoms with E-state index in [4.69, 9.17) is 9.47 Å². The summed E-state index contributed by atoms with van der Waals surface area (Å²) in [5, 5.41) is 4.55. The van der Waals surface area contributed by atoms with Gasteiger partial charge in [-0.1, -0.05) is 42.5 Å². The van der Waals surface area contributed by atoms with E-state index in [-0.39, 0.29) is 0 Å². The molecule has 0 aromatic heterocycles. The summed E-state index contributed by atoms with van der Waals surface area (Å²) >= 11 is 0. The van der Waals surface area contributed by atoms with E-state index in [1.807, 2.05) is 67.6 Å². The fraction of sp³-hybridized carbons (Fsp3) is 0.174. The number of carbonyl (C=O) groups excluding carboxylic acids is 1. The maximum atomic E-state index is 11.3. The van der Waals surface area contributed by atoms with Gasteiger partial charge in [0.15, 0.2) is 11.5 Å². The molecule has 146 valence electrons. The number of nitrogens with zero attached hydrogens (tertiary/aromatic N) is 2. The first-order valence-corrected chi connectivity index (χ1v) is 9.49. The lowest BCUT2D eigenvalue weighted by molar-refractivity contribution is 0.256. The molecular weight excluding hydrogens is 366 g/mol. The molecule has 6 heteroatoms. The van der Waals surface area contributed by atoms with Crippen LogP contribution >= 0.6 is 0 Å². The summed E-state index contributed by atoms with van der Waals surface area (Å²) in [4.78, 5) is 19.1. The van der Waals surface area contributed by atoms with Crippen LogP contribution in [0.25, 0.3) is 0 Å². The van der Waals surface area contributed by atoms with Crippen LogP contribution < -0.4 is 25.5 Å². The summed E-state index contributed by atoms with van der Waals surface area (Å²) in [5.41, 5.74) is 2.92. The van der Waals surface area contributed by atoms with Gasteiger partial charge >= 0.3 is 6.03 Å². The molecule has 6 nitrogen and oxygen atoms in total. The Labute approximate surface area is 168 Å². The lowest BCUT2D eigenvalue weighted by Crippen LogP contribution is -2.21. The normalized spacial score (nSPS) is 12.0. The van der Waals surface area contributed by atoms with Crippen LogP contribution in [0.15, 0.2) is 76.7 Å². The molecule has 0 unspecified atom stereocenters. The van der Waals surface area contributed by atoms with Gasteiger partial charge in [-0.2, -0.15) is 9.98 Å². The number of hydrogen-bond donors (Lipinski definition) is 1. The zero-order valence-corrected chi connectivity index (χ0v) is 16.1. The molecule has 29 heavy (non-hydrogen) atoms. The third kappa shape index (κ3) is 4.43. The third-order valence-electron chi connectivity index (χ3n) is 4.48. The zero-order chi connectivity index (χ0) is 20.1. The van der Waals surface area contributed by atoms with Gasteiger partial charge in [0, 0.05) is 17.8 Å². The molecule has 1 aliphatic heterocycles. The molecule has 0 radical (unpaired) electrons. The number of para-hydroxylation sites is 1. The number of urea groups is 1. The highest BCUT2D eigenvalue weighted by atomic mass is 16.5. The van der Waals surface area contributed by atoms with Gasteiger partial charge in [-0.25, -0.2) is 4.79 Å². The first-order chi connectivity index (χ1) is 14.2. The van der Waals surface area contributed by atoms with Crippen molar-refractivity contribution in [1.29, 1.82) is 0 Å². The van der Waals surface area contributed by atoms with E-state index in [2.05, 4.69) is 15.3 Å². The molecule has 3 aromatic carbocycles. The molecule has 0 spiro atoms. The summed E-state index contributed by atoms with van der Waals surface area (Å²) in [6.45, 7) is 3.50. The number of carbonyl (C=O) groups is 1. The molecule has 1 heterocycles. The van der Waals surface area contributed by atoms with Crippen molar-refractivity contribution in [3.63, 3.8) is 0 Å². The largest absolute Gasteiger partial charge is 0.490 e. The molecule has 2 amide bonds. The Bertz CT molecular complexity index is 1140. The summed E-state index contributed by atoms with van der Waals surface area (Å²) in [7, 11) is 0. The Morgan fingerprint density at radius 2 is 1.72 bits per heavy atom. The highest BCUT2D eigenvalue weighted by Gasteiger charge is 2.12. The number of nitrogens with one attached hydrogen (secondary N) is 1. The number of ether oxygens (including phenoxy) is 2. The monoisotopic (exact) mass is 387 g/mol. The Morgan fingerprint density at radius 1 is 0.897 bits per heavy atom. The van der Waals surface area contributed by atoms with Gasteiger partial charge in [-0.15, -0.1) is 0 Å². The minimum atomic E-state index is -0.460. The van der Waals surface area contributed by atoms with E-state index in [0.29, 0.717) is 30.5 Å². The van der Waals surface area contributed by atoms with Crippen LogP contribution in [0.1, 0.15) is 18.1 Å².